The van der Waals surface area contributed by atoms with E-state index in [0.29, 0.717) is 32.8 Å². The van der Waals surface area contributed by atoms with Crippen molar-refractivity contribution in [2.45, 2.75) is 33.2 Å². The smallest absolute Gasteiger partial charge is 0.267 e. The Morgan fingerprint density at radius 3 is 2.55 bits per heavy atom. The van der Waals surface area contributed by atoms with Gasteiger partial charge in [0.25, 0.3) is 11.5 Å². The first kappa shape index (κ1) is 21.9. The molecule has 2 aliphatic rings. The maximum Gasteiger partial charge on any atom is 0.267 e. The fraction of sp³-hybridized carbons (Fsp3) is 0.280. The standard InChI is InChI=1S/C25H24N4O2S2/c1-16-7-9-18(10-8-16)15-29-24(31)20(33-25(29)32)14-19-22(27-11-3-4-12-27)26-21-17(2)6-5-13-28(21)23(19)30/h5-10,13-14H,3-4,11-12,15H2,1-2H3/b20-14-. The number of nitrogens with zero attached hydrogens (tertiary/aromatic N) is 4. The van der Waals surface area contributed by atoms with E-state index in [1.165, 1.54) is 11.8 Å². The van der Waals surface area contributed by atoms with E-state index in [2.05, 4.69) is 4.90 Å². The van der Waals surface area contributed by atoms with Crippen LogP contribution in [0.3, 0.4) is 0 Å². The van der Waals surface area contributed by atoms with E-state index in [9.17, 15) is 9.59 Å². The number of benzene rings is 1. The Morgan fingerprint density at radius 2 is 1.82 bits per heavy atom. The van der Waals surface area contributed by atoms with Crippen molar-refractivity contribution >= 4 is 51.7 Å². The van der Waals surface area contributed by atoms with Gasteiger partial charge in [-0.3, -0.25) is 18.9 Å². The highest BCUT2D eigenvalue weighted by Gasteiger charge is 2.33. The number of amides is 1. The molecule has 0 aliphatic carbocycles. The van der Waals surface area contributed by atoms with Crippen LogP contribution < -0.4 is 10.5 Å². The second-order valence-electron chi connectivity index (χ2n) is 8.49. The van der Waals surface area contributed by atoms with Gasteiger partial charge in [-0.15, -0.1) is 0 Å². The second-order valence-corrected chi connectivity index (χ2v) is 10.2. The minimum atomic E-state index is -0.174. The minimum absolute atomic E-state index is 0.172. The third kappa shape index (κ3) is 4.09. The molecule has 0 radical (unpaired) electrons. The zero-order chi connectivity index (χ0) is 23.1. The molecule has 1 amide bonds. The Morgan fingerprint density at radius 1 is 1.09 bits per heavy atom. The van der Waals surface area contributed by atoms with Gasteiger partial charge in [0.05, 0.1) is 17.0 Å². The summed E-state index contributed by atoms with van der Waals surface area (Å²) in [5.74, 6) is 0.474. The highest BCUT2D eigenvalue weighted by molar-refractivity contribution is 8.26. The molecule has 0 atom stereocenters. The van der Waals surface area contributed by atoms with Crippen molar-refractivity contribution in [1.29, 1.82) is 0 Å². The van der Waals surface area contributed by atoms with Crippen molar-refractivity contribution < 1.29 is 4.79 Å². The Hall–Kier alpha value is -2.97. The largest absolute Gasteiger partial charge is 0.356 e. The molecule has 2 fully saturated rings. The molecule has 3 aromatic rings. The molecule has 0 unspecified atom stereocenters. The van der Waals surface area contributed by atoms with Gasteiger partial charge in [0.1, 0.15) is 15.8 Å². The molecule has 33 heavy (non-hydrogen) atoms. The molecule has 6 nitrogen and oxygen atoms in total. The van der Waals surface area contributed by atoms with Crippen LogP contribution in [0.5, 0.6) is 0 Å². The van der Waals surface area contributed by atoms with Gasteiger partial charge in [0, 0.05) is 19.3 Å². The van der Waals surface area contributed by atoms with Gasteiger partial charge in [-0.1, -0.05) is 59.9 Å². The number of aryl methyl sites for hydroxylation is 2. The van der Waals surface area contributed by atoms with Gasteiger partial charge >= 0.3 is 0 Å². The predicted octanol–water partition coefficient (Wildman–Crippen LogP) is 4.31. The molecule has 5 rings (SSSR count). The number of hydrogen-bond donors (Lipinski definition) is 0. The normalized spacial score (nSPS) is 17.7. The number of pyridine rings is 1. The highest BCUT2D eigenvalue weighted by Crippen LogP contribution is 2.35. The van der Waals surface area contributed by atoms with Gasteiger partial charge in [0.2, 0.25) is 0 Å². The van der Waals surface area contributed by atoms with Crippen molar-refractivity contribution in [2.24, 2.45) is 0 Å². The van der Waals surface area contributed by atoms with Crippen LogP contribution in [0.2, 0.25) is 0 Å². The second kappa shape index (κ2) is 8.76. The number of thiocarbonyl (C=S) groups is 1. The highest BCUT2D eigenvalue weighted by atomic mass is 32.2. The van der Waals surface area contributed by atoms with Crippen LogP contribution in [0.25, 0.3) is 11.7 Å². The van der Waals surface area contributed by atoms with Gasteiger partial charge in [-0.05, 0) is 50.0 Å². The Balaban J connectivity index is 1.57. The van der Waals surface area contributed by atoms with Gasteiger partial charge in [-0.25, -0.2) is 4.98 Å². The Bertz CT molecular complexity index is 1360. The van der Waals surface area contributed by atoms with Gasteiger partial charge in [0.15, 0.2) is 0 Å². The molecular formula is C25H24N4O2S2. The summed E-state index contributed by atoms with van der Waals surface area (Å²) in [6, 6.07) is 11.8. The van der Waals surface area contributed by atoms with Crippen LogP contribution in [-0.4, -0.2) is 37.6 Å². The number of fused-ring (bicyclic) bond motifs is 1. The maximum atomic E-state index is 13.5. The zero-order valence-electron chi connectivity index (χ0n) is 18.6. The fourth-order valence-corrected chi connectivity index (χ4v) is 5.48. The lowest BCUT2D eigenvalue weighted by molar-refractivity contribution is -0.122. The average molecular weight is 477 g/mol. The van der Waals surface area contributed by atoms with Crippen LogP contribution in [0.4, 0.5) is 5.82 Å². The van der Waals surface area contributed by atoms with Crippen LogP contribution in [-0.2, 0) is 11.3 Å². The molecule has 2 saturated heterocycles. The van der Waals surface area contributed by atoms with Crippen LogP contribution >= 0.6 is 24.0 Å². The zero-order valence-corrected chi connectivity index (χ0v) is 20.2. The molecule has 0 bridgehead atoms. The molecule has 0 spiro atoms. The molecule has 0 N–H and O–H groups in total. The van der Waals surface area contributed by atoms with E-state index in [0.717, 1.165) is 42.6 Å². The molecule has 4 heterocycles. The monoisotopic (exact) mass is 476 g/mol. The molecule has 1 aromatic carbocycles. The van der Waals surface area contributed by atoms with Crippen LogP contribution in [0, 0.1) is 13.8 Å². The summed E-state index contributed by atoms with van der Waals surface area (Å²) in [6.07, 6.45) is 5.54. The molecule has 168 valence electrons. The first-order chi connectivity index (χ1) is 15.9. The molecule has 2 aromatic heterocycles. The molecular weight excluding hydrogens is 452 g/mol. The summed E-state index contributed by atoms with van der Waals surface area (Å²) < 4.78 is 2.06. The van der Waals surface area contributed by atoms with Gasteiger partial charge < -0.3 is 4.90 Å². The van der Waals surface area contributed by atoms with E-state index < -0.39 is 0 Å². The molecule has 0 saturated carbocycles. The number of rotatable bonds is 4. The summed E-state index contributed by atoms with van der Waals surface area (Å²) in [5.41, 5.74) is 4.03. The van der Waals surface area contributed by atoms with Crippen molar-refractivity contribution in [1.82, 2.24) is 14.3 Å². The average Bonchev–Trinajstić information content (AvgIpc) is 3.42. The predicted molar refractivity (Wildman–Crippen MR) is 138 cm³/mol. The lowest BCUT2D eigenvalue weighted by atomic mass is 10.1. The number of anilines is 1. The summed E-state index contributed by atoms with van der Waals surface area (Å²) >= 11 is 6.76. The molecule has 8 heteroatoms. The van der Waals surface area contributed by atoms with Crippen molar-refractivity contribution in [3.8, 4) is 0 Å². The summed E-state index contributed by atoms with van der Waals surface area (Å²) in [7, 11) is 0. The van der Waals surface area contributed by atoms with Crippen LogP contribution in [0.1, 0.15) is 35.1 Å². The number of hydrogen-bond acceptors (Lipinski definition) is 6. The lowest BCUT2D eigenvalue weighted by Crippen LogP contribution is -2.28. The summed E-state index contributed by atoms with van der Waals surface area (Å²) in [4.78, 5) is 35.9. The van der Waals surface area contributed by atoms with E-state index in [-0.39, 0.29) is 11.5 Å². The lowest BCUT2D eigenvalue weighted by Gasteiger charge is -2.20. The summed E-state index contributed by atoms with van der Waals surface area (Å²) in [5, 5.41) is 0. The fourth-order valence-electron chi connectivity index (χ4n) is 4.24. The quantitative estimate of drug-likeness (QED) is 0.413. The Labute approximate surface area is 201 Å². The third-order valence-electron chi connectivity index (χ3n) is 6.08. The topological polar surface area (TPSA) is 57.9 Å². The van der Waals surface area contributed by atoms with Crippen LogP contribution in [0.15, 0.2) is 52.3 Å². The van der Waals surface area contributed by atoms with Crippen molar-refractivity contribution in [3.63, 3.8) is 0 Å². The first-order valence-corrected chi connectivity index (χ1v) is 12.2. The number of thioether (sulfide) groups is 1. The van der Waals surface area contributed by atoms with E-state index in [1.807, 2.05) is 50.2 Å². The van der Waals surface area contributed by atoms with Gasteiger partial charge in [-0.2, -0.15) is 0 Å². The first-order valence-electron chi connectivity index (χ1n) is 11.0. The molecule has 2 aliphatic heterocycles. The third-order valence-corrected chi connectivity index (χ3v) is 7.46. The number of carbonyl (C=O) groups is 1. The van der Waals surface area contributed by atoms with Crippen molar-refractivity contribution in [2.75, 3.05) is 18.0 Å². The number of carbonyl (C=O) groups excluding carboxylic acids is 1. The van der Waals surface area contributed by atoms with E-state index in [4.69, 9.17) is 17.2 Å². The van der Waals surface area contributed by atoms with Crippen molar-refractivity contribution in [3.05, 3.63) is 80.1 Å². The Kier molecular flexibility index (Phi) is 5.80. The number of aromatic nitrogens is 2. The SMILES string of the molecule is Cc1ccc(CN2C(=O)/C(=C/c3c(N4CCCC4)nc4c(C)cccn4c3=O)SC2=S)cc1. The van der Waals surface area contributed by atoms with E-state index >= 15 is 0 Å². The minimum Gasteiger partial charge on any atom is -0.356 e. The summed E-state index contributed by atoms with van der Waals surface area (Å²) in [6.45, 7) is 6.09. The maximum absolute atomic E-state index is 13.5. The van der Waals surface area contributed by atoms with E-state index in [1.54, 1.807) is 21.6 Å².